The van der Waals surface area contributed by atoms with Crippen LogP contribution in [0.1, 0.15) is 23.7 Å². The van der Waals surface area contributed by atoms with Gasteiger partial charge in [-0.05, 0) is 30.7 Å². The van der Waals surface area contributed by atoms with Crippen molar-refractivity contribution < 1.29 is 9.52 Å². The van der Waals surface area contributed by atoms with Gasteiger partial charge in [-0.25, -0.2) is 9.97 Å². The molecule has 1 aliphatic heterocycles. The van der Waals surface area contributed by atoms with E-state index in [-0.39, 0.29) is 6.61 Å². The molecule has 27 heavy (non-hydrogen) atoms. The fraction of sp³-hybridized carbons (Fsp3) is 0.263. The summed E-state index contributed by atoms with van der Waals surface area (Å²) in [5, 5.41) is 25.5. The summed E-state index contributed by atoms with van der Waals surface area (Å²) in [7, 11) is 0. The number of hydrogen-bond acceptors (Lipinski definition) is 8. The zero-order valence-electron chi connectivity index (χ0n) is 14.9. The summed E-state index contributed by atoms with van der Waals surface area (Å²) in [4.78, 5) is 12.9. The van der Waals surface area contributed by atoms with Crippen LogP contribution in [0.25, 0.3) is 11.3 Å². The molecule has 0 aliphatic carbocycles. The van der Waals surface area contributed by atoms with E-state index in [4.69, 9.17) is 4.42 Å². The minimum atomic E-state index is -0.444. The highest BCUT2D eigenvalue weighted by Crippen LogP contribution is 2.41. The van der Waals surface area contributed by atoms with Crippen molar-refractivity contribution in [2.75, 3.05) is 23.8 Å². The largest absolute Gasteiger partial charge is 0.432 e. The smallest absolute Gasteiger partial charge is 0.301 e. The Morgan fingerprint density at radius 2 is 2.26 bits per heavy atom. The van der Waals surface area contributed by atoms with Gasteiger partial charge in [0, 0.05) is 23.7 Å². The fourth-order valence-electron chi connectivity index (χ4n) is 3.15. The molecule has 1 atom stereocenters. The summed E-state index contributed by atoms with van der Waals surface area (Å²) >= 11 is 0. The third kappa shape index (κ3) is 2.98. The number of benzene rings is 1. The molecule has 0 radical (unpaired) electrons. The zero-order chi connectivity index (χ0) is 19.0. The van der Waals surface area contributed by atoms with Crippen LogP contribution >= 0.6 is 0 Å². The molecular weight excluding hydrogens is 344 g/mol. The number of hydrogen-bond donors (Lipinski definition) is 3. The van der Waals surface area contributed by atoms with Gasteiger partial charge in [0.2, 0.25) is 5.95 Å². The summed E-state index contributed by atoms with van der Waals surface area (Å²) in [5.41, 5.74) is 3.96. The van der Waals surface area contributed by atoms with Gasteiger partial charge >= 0.3 is 6.01 Å². The van der Waals surface area contributed by atoms with Crippen LogP contribution in [0.15, 0.2) is 35.1 Å². The van der Waals surface area contributed by atoms with E-state index in [1.807, 2.05) is 19.9 Å². The topological polar surface area (TPSA) is 120 Å². The van der Waals surface area contributed by atoms with Gasteiger partial charge in [0.1, 0.15) is 12.3 Å². The highest BCUT2D eigenvalue weighted by atomic mass is 16.4. The molecule has 0 spiro atoms. The Morgan fingerprint density at radius 1 is 1.41 bits per heavy atom. The molecule has 136 valence electrons. The van der Waals surface area contributed by atoms with E-state index in [0.29, 0.717) is 29.8 Å². The summed E-state index contributed by atoms with van der Waals surface area (Å²) in [6.45, 7) is 4.36. The van der Waals surface area contributed by atoms with Crippen molar-refractivity contribution in [2.45, 2.75) is 19.3 Å². The monoisotopic (exact) mass is 362 g/mol. The van der Waals surface area contributed by atoms with Crippen LogP contribution in [-0.2, 0) is 5.41 Å². The van der Waals surface area contributed by atoms with Gasteiger partial charge < -0.3 is 14.8 Å². The van der Waals surface area contributed by atoms with Crippen LogP contribution in [0, 0.1) is 18.3 Å². The highest BCUT2D eigenvalue weighted by molar-refractivity contribution is 5.76. The Balaban J connectivity index is 1.75. The van der Waals surface area contributed by atoms with Crippen LogP contribution in [0.2, 0.25) is 0 Å². The second kappa shape index (κ2) is 6.37. The van der Waals surface area contributed by atoms with Crippen molar-refractivity contribution in [3.8, 4) is 17.3 Å². The molecule has 2 aromatic heterocycles. The normalized spacial score (nSPS) is 17.9. The minimum absolute atomic E-state index is 0.0125. The number of oxazole rings is 1. The van der Waals surface area contributed by atoms with Crippen molar-refractivity contribution >= 4 is 17.7 Å². The van der Waals surface area contributed by atoms with Crippen LogP contribution in [0.5, 0.6) is 0 Å². The van der Waals surface area contributed by atoms with E-state index in [2.05, 4.69) is 31.7 Å². The van der Waals surface area contributed by atoms with E-state index >= 15 is 0 Å². The lowest BCUT2D eigenvalue weighted by Gasteiger charge is -2.21. The molecular formula is C19H18N6O2. The van der Waals surface area contributed by atoms with Crippen molar-refractivity contribution in [1.29, 1.82) is 5.26 Å². The van der Waals surface area contributed by atoms with Gasteiger partial charge in [-0.3, -0.25) is 5.32 Å². The molecule has 1 aliphatic rings. The third-order valence-corrected chi connectivity index (χ3v) is 4.70. The Labute approximate surface area is 155 Å². The molecule has 1 aromatic carbocycles. The van der Waals surface area contributed by atoms with Crippen molar-refractivity contribution in [1.82, 2.24) is 15.0 Å². The lowest BCUT2D eigenvalue weighted by molar-refractivity contribution is 0.219. The van der Waals surface area contributed by atoms with Crippen LogP contribution in [0.3, 0.4) is 0 Å². The lowest BCUT2D eigenvalue weighted by atomic mass is 9.83. The predicted molar refractivity (Wildman–Crippen MR) is 99.6 cm³/mol. The first-order chi connectivity index (χ1) is 13.0. The molecule has 8 heteroatoms. The molecule has 4 rings (SSSR count). The second-order valence-electron chi connectivity index (χ2n) is 6.82. The maximum Gasteiger partial charge on any atom is 0.301 e. The summed E-state index contributed by atoms with van der Waals surface area (Å²) < 4.78 is 5.27. The van der Waals surface area contributed by atoms with Gasteiger partial charge in [-0.2, -0.15) is 10.2 Å². The van der Waals surface area contributed by atoms with Crippen molar-refractivity contribution in [3.63, 3.8) is 0 Å². The molecule has 0 bridgehead atoms. The molecule has 0 saturated heterocycles. The number of nitriles is 1. The molecule has 0 unspecified atom stereocenters. The van der Waals surface area contributed by atoms with Gasteiger partial charge in [0.25, 0.3) is 0 Å². The van der Waals surface area contributed by atoms with Gasteiger partial charge in [-0.1, -0.05) is 6.92 Å². The Kier molecular flexibility index (Phi) is 4.01. The van der Waals surface area contributed by atoms with Crippen LogP contribution < -0.4 is 10.6 Å². The average molecular weight is 362 g/mol. The zero-order valence-corrected chi connectivity index (χ0v) is 14.9. The second-order valence-corrected chi connectivity index (χ2v) is 6.82. The molecule has 3 heterocycles. The van der Waals surface area contributed by atoms with Crippen LogP contribution in [0.4, 0.5) is 17.7 Å². The number of aliphatic hydroxyl groups is 1. The third-order valence-electron chi connectivity index (χ3n) is 4.70. The first kappa shape index (κ1) is 17.0. The number of fused-ring (bicyclic) bond motifs is 1. The first-order valence-corrected chi connectivity index (χ1v) is 8.48. The van der Waals surface area contributed by atoms with E-state index in [1.165, 1.54) is 6.26 Å². The molecule has 3 aromatic rings. The van der Waals surface area contributed by atoms with Gasteiger partial charge in [0.05, 0.1) is 29.2 Å². The molecule has 0 fully saturated rings. The Bertz CT molecular complexity index is 1050. The maximum atomic E-state index is 9.83. The SMILES string of the molecule is Cc1coc(Nc2nccc(-c3cc(C#N)c4c(c3)[C@@](C)(CO)CN4)n2)n1. The Hall–Kier alpha value is -3.44. The van der Waals surface area contributed by atoms with Crippen molar-refractivity contribution in [2.24, 2.45) is 0 Å². The van der Waals surface area contributed by atoms with E-state index in [1.54, 1.807) is 18.3 Å². The average Bonchev–Trinajstić information content (AvgIpc) is 3.25. The molecule has 8 nitrogen and oxygen atoms in total. The van der Waals surface area contributed by atoms with Gasteiger partial charge in [0.15, 0.2) is 0 Å². The number of nitrogens with one attached hydrogen (secondary N) is 2. The quantitative estimate of drug-likeness (QED) is 0.648. The highest BCUT2D eigenvalue weighted by Gasteiger charge is 2.35. The molecule has 3 N–H and O–H groups in total. The number of aromatic nitrogens is 3. The summed E-state index contributed by atoms with van der Waals surface area (Å²) in [6.07, 6.45) is 3.16. The minimum Gasteiger partial charge on any atom is -0.432 e. The number of nitrogens with zero attached hydrogens (tertiary/aromatic N) is 4. The molecule has 0 amide bonds. The summed E-state index contributed by atoms with van der Waals surface area (Å²) in [5.74, 6) is 0.344. The van der Waals surface area contributed by atoms with Gasteiger partial charge in [-0.15, -0.1) is 0 Å². The number of aliphatic hydroxyl groups excluding tert-OH is 1. The van der Waals surface area contributed by atoms with E-state index in [0.717, 1.165) is 22.5 Å². The number of rotatable bonds is 4. The standard InChI is InChI=1S/C19H18N6O2/c1-11-8-27-18(23-11)25-17-21-4-3-15(24-17)12-5-13(7-20)16-14(6-12)19(2,10-26)9-22-16/h3-6,8,22,26H,9-10H2,1-2H3,(H,21,23,24,25)/t19-/m1/s1. The van der Waals surface area contributed by atoms with Crippen molar-refractivity contribution in [3.05, 3.63) is 47.5 Å². The van der Waals surface area contributed by atoms with E-state index in [9.17, 15) is 10.4 Å². The lowest BCUT2D eigenvalue weighted by Crippen LogP contribution is -2.28. The fourth-order valence-corrected chi connectivity index (χ4v) is 3.15. The maximum absolute atomic E-state index is 9.83. The number of aryl methyl sites for hydroxylation is 1. The Morgan fingerprint density at radius 3 is 2.96 bits per heavy atom. The predicted octanol–water partition coefficient (Wildman–Crippen LogP) is 2.73. The van der Waals surface area contributed by atoms with Crippen LogP contribution in [-0.4, -0.2) is 33.2 Å². The summed E-state index contributed by atoms with van der Waals surface area (Å²) in [6, 6.07) is 8.07. The number of anilines is 3. The molecule has 0 saturated carbocycles. The van der Waals surface area contributed by atoms with E-state index < -0.39 is 5.41 Å². The first-order valence-electron chi connectivity index (χ1n) is 8.48.